The van der Waals surface area contributed by atoms with Crippen LogP contribution in [0, 0.1) is 5.82 Å². The fraction of sp³-hybridized carbons (Fsp3) is 0.211. The first-order chi connectivity index (χ1) is 12.6. The molecule has 7 heteroatoms. The molecule has 1 heterocycles. The average molecular weight is 371 g/mol. The van der Waals surface area contributed by atoms with Crippen LogP contribution in [0.5, 0.6) is 0 Å². The minimum absolute atomic E-state index is 0.302. The molecule has 0 aliphatic rings. The number of halogens is 1. The van der Waals surface area contributed by atoms with Gasteiger partial charge in [0.2, 0.25) is 0 Å². The van der Waals surface area contributed by atoms with E-state index in [2.05, 4.69) is 10.2 Å². The Morgan fingerprint density at radius 1 is 1.15 bits per heavy atom. The number of aromatic nitrogens is 3. The number of nitrogens with zero attached hydrogens (tertiary/aromatic N) is 3. The van der Waals surface area contributed by atoms with E-state index in [0.29, 0.717) is 17.6 Å². The Balaban J connectivity index is 2.02. The van der Waals surface area contributed by atoms with Crippen molar-refractivity contribution in [3.63, 3.8) is 0 Å². The van der Waals surface area contributed by atoms with Crippen molar-refractivity contribution in [3.8, 4) is 17.1 Å². The molecule has 0 spiro atoms. The molecule has 0 aliphatic heterocycles. The van der Waals surface area contributed by atoms with Crippen molar-refractivity contribution >= 4 is 17.7 Å². The minimum atomic E-state index is -0.428. The standard InChI is InChI=1S/C19H18FN3O2S/c1-3-25-18(24)13(2)26-19-22-21-17(14-9-11-15(20)12-10-14)23(19)16-7-5-4-6-8-16/h4-13H,3H2,1-2H3/t13-/m1/s1. The molecular weight excluding hydrogens is 353 g/mol. The van der Waals surface area contributed by atoms with Crippen LogP contribution in [0.3, 0.4) is 0 Å². The van der Waals surface area contributed by atoms with E-state index in [4.69, 9.17) is 4.74 Å². The zero-order chi connectivity index (χ0) is 18.5. The number of rotatable bonds is 6. The summed E-state index contributed by atoms with van der Waals surface area (Å²) in [7, 11) is 0. The van der Waals surface area contributed by atoms with Crippen molar-refractivity contribution in [1.82, 2.24) is 14.8 Å². The predicted octanol–water partition coefficient (Wildman–Crippen LogP) is 4.12. The van der Waals surface area contributed by atoms with E-state index in [-0.39, 0.29) is 11.8 Å². The Bertz CT molecular complexity index is 882. The molecule has 0 unspecified atom stereocenters. The lowest BCUT2D eigenvalue weighted by atomic mass is 10.2. The Labute approximate surface area is 155 Å². The van der Waals surface area contributed by atoms with Gasteiger partial charge in [-0.25, -0.2) is 4.39 Å². The molecule has 2 aromatic carbocycles. The van der Waals surface area contributed by atoms with E-state index >= 15 is 0 Å². The largest absolute Gasteiger partial charge is 0.465 e. The van der Waals surface area contributed by atoms with Gasteiger partial charge in [0.25, 0.3) is 0 Å². The second-order valence-electron chi connectivity index (χ2n) is 5.50. The van der Waals surface area contributed by atoms with Crippen LogP contribution in [0.1, 0.15) is 13.8 Å². The minimum Gasteiger partial charge on any atom is -0.465 e. The first-order valence-electron chi connectivity index (χ1n) is 8.20. The molecule has 0 amide bonds. The highest BCUT2D eigenvalue weighted by atomic mass is 32.2. The number of esters is 1. The van der Waals surface area contributed by atoms with Gasteiger partial charge >= 0.3 is 5.97 Å². The molecule has 1 aromatic heterocycles. The molecule has 0 saturated carbocycles. The Hall–Kier alpha value is -2.67. The second-order valence-corrected chi connectivity index (χ2v) is 6.80. The van der Waals surface area contributed by atoms with Crippen LogP contribution in [0.15, 0.2) is 59.8 Å². The zero-order valence-corrected chi connectivity index (χ0v) is 15.2. The van der Waals surface area contributed by atoms with Crippen molar-refractivity contribution in [1.29, 1.82) is 0 Å². The van der Waals surface area contributed by atoms with Crippen molar-refractivity contribution in [2.24, 2.45) is 0 Å². The van der Waals surface area contributed by atoms with E-state index in [1.807, 2.05) is 34.9 Å². The van der Waals surface area contributed by atoms with Gasteiger partial charge < -0.3 is 4.74 Å². The fourth-order valence-corrected chi connectivity index (χ4v) is 3.27. The normalized spacial score (nSPS) is 12.0. The highest BCUT2D eigenvalue weighted by molar-refractivity contribution is 8.00. The van der Waals surface area contributed by atoms with Crippen LogP contribution < -0.4 is 0 Å². The summed E-state index contributed by atoms with van der Waals surface area (Å²) in [6.45, 7) is 3.87. The van der Waals surface area contributed by atoms with E-state index in [0.717, 1.165) is 11.3 Å². The highest BCUT2D eigenvalue weighted by Crippen LogP contribution is 2.30. The van der Waals surface area contributed by atoms with Crippen molar-refractivity contribution in [2.75, 3.05) is 6.61 Å². The van der Waals surface area contributed by atoms with Gasteiger partial charge in [0.05, 0.1) is 6.61 Å². The molecule has 3 rings (SSSR count). The van der Waals surface area contributed by atoms with Crippen LogP contribution in [0.4, 0.5) is 4.39 Å². The Morgan fingerprint density at radius 2 is 1.85 bits per heavy atom. The molecular formula is C19H18FN3O2S. The van der Waals surface area contributed by atoms with Gasteiger partial charge in [-0.3, -0.25) is 9.36 Å². The van der Waals surface area contributed by atoms with Gasteiger partial charge in [-0.15, -0.1) is 10.2 Å². The number of hydrogen-bond donors (Lipinski definition) is 0. The maximum Gasteiger partial charge on any atom is 0.319 e. The van der Waals surface area contributed by atoms with Crippen LogP contribution in [0.2, 0.25) is 0 Å². The van der Waals surface area contributed by atoms with Gasteiger partial charge in [-0.1, -0.05) is 30.0 Å². The number of carbonyl (C=O) groups excluding carboxylic acids is 1. The third-order valence-corrected chi connectivity index (χ3v) is 4.67. The topological polar surface area (TPSA) is 57.0 Å². The molecule has 0 saturated heterocycles. The van der Waals surface area contributed by atoms with Crippen molar-refractivity contribution in [2.45, 2.75) is 24.3 Å². The predicted molar refractivity (Wildman–Crippen MR) is 98.7 cm³/mol. The van der Waals surface area contributed by atoms with E-state index in [9.17, 15) is 9.18 Å². The lowest BCUT2D eigenvalue weighted by molar-refractivity contribution is -0.142. The lowest BCUT2D eigenvalue weighted by Gasteiger charge is -2.13. The van der Waals surface area contributed by atoms with Crippen LogP contribution in [0.25, 0.3) is 17.1 Å². The second kappa shape index (κ2) is 8.14. The molecule has 0 bridgehead atoms. The van der Waals surface area contributed by atoms with E-state index in [1.165, 1.54) is 23.9 Å². The molecule has 0 fully saturated rings. The third-order valence-electron chi connectivity index (χ3n) is 3.65. The smallest absolute Gasteiger partial charge is 0.319 e. The first-order valence-corrected chi connectivity index (χ1v) is 9.08. The first kappa shape index (κ1) is 18.1. The van der Waals surface area contributed by atoms with Gasteiger partial charge in [0, 0.05) is 11.3 Å². The number of thioether (sulfide) groups is 1. The van der Waals surface area contributed by atoms with Crippen molar-refractivity contribution in [3.05, 3.63) is 60.4 Å². The lowest BCUT2D eigenvalue weighted by Crippen LogP contribution is -2.17. The summed E-state index contributed by atoms with van der Waals surface area (Å²) in [4.78, 5) is 12.0. The Kier molecular flexibility index (Phi) is 5.68. The molecule has 0 N–H and O–H groups in total. The quantitative estimate of drug-likeness (QED) is 0.482. The maximum absolute atomic E-state index is 13.3. The van der Waals surface area contributed by atoms with Gasteiger partial charge in [-0.2, -0.15) is 0 Å². The summed E-state index contributed by atoms with van der Waals surface area (Å²) < 4.78 is 20.2. The number of carbonyl (C=O) groups is 1. The summed E-state index contributed by atoms with van der Waals surface area (Å²) >= 11 is 1.27. The summed E-state index contributed by atoms with van der Waals surface area (Å²) in [6, 6.07) is 15.7. The molecule has 3 aromatic rings. The molecule has 134 valence electrons. The van der Waals surface area contributed by atoms with Crippen LogP contribution in [-0.4, -0.2) is 32.6 Å². The van der Waals surface area contributed by atoms with Gasteiger partial charge in [-0.05, 0) is 50.2 Å². The molecule has 26 heavy (non-hydrogen) atoms. The number of hydrogen-bond acceptors (Lipinski definition) is 5. The third kappa shape index (κ3) is 3.94. The molecule has 5 nitrogen and oxygen atoms in total. The molecule has 0 radical (unpaired) electrons. The zero-order valence-electron chi connectivity index (χ0n) is 14.4. The Morgan fingerprint density at radius 3 is 2.50 bits per heavy atom. The highest BCUT2D eigenvalue weighted by Gasteiger charge is 2.22. The summed E-state index contributed by atoms with van der Waals surface area (Å²) in [6.07, 6.45) is 0. The monoisotopic (exact) mass is 371 g/mol. The molecule has 1 atom stereocenters. The number of benzene rings is 2. The van der Waals surface area contributed by atoms with Crippen molar-refractivity contribution < 1.29 is 13.9 Å². The van der Waals surface area contributed by atoms with Gasteiger partial charge in [0.15, 0.2) is 11.0 Å². The summed E-state index contributed by atoms with van der Waals surface area (Å²) in [5.41, 5.74) is 1.59. The number of ether oxygens (including phenoxy) is 1. The number of para-hydroxylation sites is 1. The van der Waals surface area contributed by atoms with Gasteiger partial charge in [0.1, 0.15) is 11.1 Å². The van der Waals surface area contributed by atoms with Crippen LogP contribution >= 0.6 is 11.8 Å². The molecule has 0 aliphatic carbocycles. The SMILES string of the molecule is CCOC(=O)[C@@H](C)Sc1nnc(-c2ccc(F)cc2)n1-c1ccccc1. The average Bonchev–Trinajstić information content (AvgIpc) is 3.06. The van der Waals surface area contributed by atoms with Crippen LogP contribution in [-0.2, 0) is 9.53 Å². The summed E-state index contributed by atoms with van der Waals surface area (Å²) in [5.74, 6) is -0.0386. The fourth-order valence-electron chi connectivity index (χ4n) is 2.41. The summed E-state index contributed by atoms with van der Waals surface area (Å²) in [5, 5.41) is 8.65. The van der Waals surface area contributed by atoms with E-state index in [1.54, 1.807) is 26.0 Å². The maximum atomic E-state index is 13.3. The van der Waals surface area contributed by atoms with E-state index < -0.39 is 5.25 Å².